The second-order valence-electron chi connectivity index (χ2n) is 7.53. The number of halogens is 4. The molecule has 1 heterocycles. The summed E-state index contributed by atoms with van der Waals surface area (Å²) in [5.41, 5.74) is 0.896. The Balaban J connectivity index is 1.99. The van der Waals surface area contributed by atoms with E-state index in [2.05, 4.69) is 20.6 Å². The summed E-state index contributed by atoms with van der Waals surface area (Å²) in [7, 11) is 0. The van der Waals surface area contributed by atoms with Gasteiger partial charge in [-0.3, -0.25) is 10.1 Å². The van der Waals surface area contributed by atoms with Crippen LogP contribution in [0.4, 0.5) is 11.4 Å². The van der Waals surface area contributed by atoms with Gasteiger partial charge in [0.25, 0.3) is 0 Å². The predicted molar refractivity (Wildman–Crippen MR) is 127 cm³/mol. The van der Waals surface area contributed by atoms with Gasteiger partial charge in [-0.1, -0.05) is 46.4 Å². The third-order valence-corrected chi connectivity index (χ3v) is 5.33. The Kier molecular flexibility index (Phi) is 6.82. The molecule has 3 rings (SSSR count). The van der Waals surface area contributed by atoms with Crippen molar-refractivity contribution >= 4 is 75.6 Å². The highest BCUT2D eigenvalue weighted by Gasteiger charge is 2.28. The fourth-order valence-corrected chi connectivity index (χ4v) is 3.20. The zero-order valence-corrected chi connectivity index (χ0v) is 19.5. The van der Waals surface area contributed by atoms with Crippen molar-refractivity contribution in [3.05, 3.63) is 56.5 Å². The first-order valence-electron chi connectivity index (χ1n) is 8.95. The van der Waals surface area contributed by atoms with Crippen LogP contribution in [-0.2, 0) is 4.79 Å². The summed E-state index contributed by atoms with van der Waals surface area (Å²) < 4.78 is 0. The molecule has 0 unspecified atom stereocenters. The smallest absolute Gasteiger partial charge is 0.246 e. The third-order valence-electron chi connectivity index (χ3n) is 3.85. The molecule has 2 aromatic carbocycles. The van der Waals surface area contributed by atoms with Crippen LogP contribution in [-0.4, -0.2) is 29.9 Å². The van der Waals surface area contributed by atoms with Crippen molar-refractivity contribution in [2.75, 3.05) is 16.8 Å². The Morgan fingerprint density at radius 3 is 2.23 bits per heavy atom. The number of amides is 1. The molecule has 10 heteroatoms. The summed E-state index contributed by atoms with van der Waals surface area (Å²) in [6, 6.07) is 10.2. The first-order chi connectivity index (χ1) is 14.0. The largest absolute Gasteiger partial charge is 0.324 e. The average molecular weight is 487 g/mol. The lowest BCUT2D eigenvalue weighted by Crippen LogP contribution is -2.33. The van der Waals surface area contributed by atoms with Gasteiger partial charge in [-0.25, -0.2) is 4.99 Å². The van der Waals surface area contributed by atoms with E-state index < -0.39 is 5.54 Å². The van der Waals surface area contributed by atoms with Crippen LogP contribution < -0.4 is 15.5 Å². The van der Waals surface area contributed by atoms with Crippen molar-refractivity contribution in [2.45, 2.75) is 26.3 Å². The highest BCUT2D eigenvalue weighted by Crippen LogP contribution is 2.28. The highest BCUT2D eigenvalue weighted by atomic mass is 35.5. The van der Waals surface area contributed by atoms with Crippen molar-refractivity contribution in [1.29, 1.82) is 0 Å². The van der Waals surface area contributed by atoms with E-state index in [0.717, 1.165) is 0 Å². The highest BCUT2D eigenvalue weighted by molar-refractivity contribution is 6.42. The number of nitrogens with zero attached hydrogens (tertiary/aromatic N) is 3. The number of carbonyl (C=O) groups excluding carboxylic acids is 1. The molecule has 158 valence electrons. The second kappa shape index (κ2) is 9.02. The minimum Gasteiger partial charge on any atom is -0.324 e. The van der Waals surface area contributed by atoms with Gasteiger partial charge in [-0.05, 0) is 57.2 Å². The average Bonchev–Trinajstić information content (AvgIpc) is 2.99. The van der Waals surface area contributed by atoms with E-state index in [-0.39, 0.29) is 12.5 Å². The molecule has 0 radical (unpaired) electrons. The molecule has 1 amide bonds. The van der Waals surface area contributed by atoms with Crippen LogP contribution in [0.1, 0.15) is 20.8 Å². The number of aliphatic imine (C=N–C) groups is 2. The molecule has 1 aliphatic rings. The zero-order chi connectivity index (χ0) is 22.1. The standard InChI is InChI=1S/C20H19Cl4N5O/c1-20(2,3)28-18(25-11-4-6-13(21)15(23)8-11)27-19-26-17(30)10-29(19)12-5-7-14(22)16(24)9-12/h4-9H,10H2,1-3H3,(H2,25,26,27,28,30). The number of hydrogen-bond donors (Lipinski definition) is 2. The van der Waals surface area contributed by atoms with Crippen molar-refractivity contribution in [3.63, 3.8) is 0 Å². The number of hydrogen-bond acceptors (Lipinski definition) is 2. The molecule has 1 saturated heterocycles. The van der Waals surface area contributed by atoms with Crippen LogP contribution in [0, 0.1) is 0 Å². The molecular formula is C20H19Cl4N5O. The first kappa shape index (κ1) is 22.7. The summed E-state index contributed by atoms with van der Waals surface area (Å²) >= 11 is 24.3. The summed E-state index contributed by atoms with van der Waals surface area (Å²) in [5, 5.41) is 7.53. The molecule has 0 aromatic heterocycles. The minimum absolute atomic E-state index is 0.0896. The van der Waals surface area contributed by atoms with Crippen LogP contribution in [0.5, 0.6) is 0 Å². The van der Waals surface area contributed by atoms with Gasteiger partial charge < -0.3 is 10.2 Å². The van der Waals surface area contributed by atoms with Crippen LogP contribution in [0.3, 0.4) is 0 Å². The van der Waals surface area contributed by atoms with Crippen LogP contribution in [0.2, 0.25) is 20.1 Å². The van der Waals surface area contributed by atoms with Crippen molar-refractivity contribution in [2.24, 2.45) is 9.98 Å². The molecule has 1 fully saturated rings. The SMILES string of the molecule is CC(C)(C)N=C(/N=C1\NC(=O)CN1c1ccc(Cl)c(Cl)c1)Nc1ccc(Cl)c(Cl)c1. The van der Waals surface area contributed by atoms with E-state index in [9.17, 15) is 4.79 Å². The molecule has 0 atom stereocenters. The number of guanidine groups is 2. The lowest BCUT2D eigenvalue weighted by Gasteiger charge is -2.19. The Bertz CT molecular complexity index is 1050. The maximum Gasteiger partial charge on any atom is 0.246 e. The Morgan fingerprint density at radius 2 is 1.63 bits per heavy atom. The van der Waals surface area contributed by atoms with E-state index in [1.54, 1.807) is 41.3 Å². The molecular weight excluding hydrogens is 468 g/mol. The third kappa shape index (κ3) is 5.79. The van der Waals surface area contributed by atoms with Gasteiger partial charge in [0, 0.05) is 11.4 Å². The fraction of sp³-hybridized carbons (Fsp3) is 0.250. The first-order valence-corrected chi connectivity index (χ1v) is 10.5. The van der Waals surface area contributed by atoms with Crippen molar-refractivity contribution < 1.29 is 4.79 Å². The van der Waals surface area contributed by atoms with Gasteiger partial charge >= 0.3 is 0 Å². The van der Waals surface area contributed by atoms with E-state index in [0.29, 0.717) is 43.4 Å². The predicted octanol–water partition coefficient (Wildman–Crippen LogP) is 5.86. The Labute approximate surface area is 194 Å². The summed E-state index contributed by atoms with van der Waals surface area (Å²) in [4.78, 5) is 23.0. The normalized spacial score (nSPS) is 16.2. The van der Waals surface area contributed by atoms with Crippen LogP contribution >= 0.6 is 46.4 Å². The topological polar surface area (TPSA) is 69.1 Å². The molecule has 0 saturated carbocycles. The molecule has 1 aliphatic heterocycles. The molecule has 2 aromatic rings. The van der Waals surface area contributed by atoms with Gasteiger partial charge in [0.15, 0.2) is 0 Å². The number of rotatable bonds is 2. The van der Waals surface area contributed by atoms with E-state index in [4.69, 9.17) is 46.4 Å². The van der Waals surface area contributed by atoms with Crippen molar-refractivity contribution in [1.82, 2.24) is 5.32 Å². The Hall–Kier alpha value is -1.99. The van der Waals surface area contributed by atoms with Gasteiger partial charge in [0.1, 0.15) is 6.54 Å². The summed E-state index contributed by atoms with van der Waals surface area (Å²) in [5.74, 6) is 0.404. The van der Waals surface area contributed by atoms with E-state index >= 15 is 0 Å². The number of carbonyl (C=O) groups is 1. The maximum atomic E-state index is 12.1. The molecule has 6 nitrogen and oxygen atoms in total. The number of anilines is 2. The molecule has 0 aliphatic carbocycles. The molecule has 0 spiro atoms. The van der Waals surface area contributed by atoms with Gasteiger partial charge in [0.2, 0.25) is 17.8 Å². The van der Waals surface area contributed by atoms with E-state index in [1.807, 2.05) is 20.8 Å². The monoisotopic (exact) mass is 485 g/mol. The summed E-state index contributed by atoms with van der Waals surface area (Å²) in [6.45, 7) is 5.90. The zero-order valence-electron chi connectivity index (χ0n) is 16.4. The van der Waals surface area contributed by atoms with Gasteiger partial charge in [-0.2, -0.15) is 4.99 Å². The summed E-state index contributed by atoms with van der Waals surface area (Å²) in [6.07, 6.45) is 0. The van der Waals surface area contributed by atoms with Crippen LogP contribution in [0.15, 0.2) is 46.4 Å². The minimum atomic E-state index is -0.431. The second-order valence-corrected chi connectivity index (χ2v) is 9.16. The van der Waals surface area contributed by atoms with Crippen LogP contribution in [0.25, 0.3) is 0 Å². The van der Waals surface area contributed by atoms with Gasteiger partial charge in [-0.15, -0.1) is 0 Å². The Morgan fingerprint density at radius 1 is 1.00 bits per heavy atom. The van der Waals surface area contributed by atoms with Crippen molar-refractivity contribution in [3.8, 4) is 0 Å². The lowest BCUT2D eigenvalue weighted by atomic mass is 10.1. The quantitative estimate of drug-likeness (QED) is 0.412. The lowest BCUT2D eigenvalue weighted by molar-refractivity contribution is -0.117. The van der Waals surface area contributed by atoms with Gasteiger partial charge in [0.05, 0.1) is 25.6 Å². The fourth-order valence-electron chi connectivity index (χ4n) is 2.61. The molecule has 30 heavy (non-hydrogen) atoms. The number of nitrogens with one attached hydrogen (secondary N) is 2. The maximum absolute atomic E-state index is 12.1. The molecule has 2 N–H and O–H groups in total. The molecule has 0 bridgehead atoms. The van der Waals surface area contributed by atoms with E-state index in [1.165, 1.54) is 0 Å². The number of benzene rings is 2.